The lowest BCUT2D eigenvalue weighted by atomic mass is 10.0. The van der Waals surface area contributed by atoms with Crippen LogP contribution < -0.4 is 10.6 Å². The fraction of sp³-hybridized carbons (Fsp3) is 0.276. The van der Waals surface area contributed by atoms with Crippen LogP contribution in [0.2, 0.25) is 0 Å². The van der Waals surface area contributed by atoms with Crippen LogP contribution in [-0.4, -0.2) is 44.5 Å². The molecule has 3 N–H and O–H groups in total. The number of aromatic nitrogens is 3. The first-order valence-corrected chi connectivity index (χ1v) is 12.6. The van der Waals surface area contributed by atoms with Gasteiger partial charge in [0.1, 0.15) is 23.3 Å². The van der Waals surface area contributed by atoms with E-state index in [1.807, 2.05) is 18.2 Å². The number of hydrogen-bond donors (Lipinski definition) is 3. The molecule has 0 aliphatic heterocycles. The minimum absolute atomic E-state index is 0.0355. The molecule has 0 spiro atoms. The standard InChI is InChI=1S/C29H30F3N5O2/c1-3-19-5-4-6-20(11-19)16-33-17-27(38)26(14-21-12-23(31)15-24(32)13-21)35-29(39)28-34-18(2)37(36-28)25-9-7-22(30)8-10-25/h4-13,15,26-27,33,38H,3,14,16-17H2,1-2H3,(H,35,39)/t26-,27+/m1/s1. The number of aliphatic hydroxyl groups is 1. The van der Waals surface area contributed by atoms with Gasteiger partial charge in [0, 0.05) is 19.2 Å². The number of rotatable bonds is 11. The summed E-state index contributed by atoms with van der Waals surface area (Å²) in [6.07, 6.45) is -0.235. The van der Waals surface area contributed by atoms with Crippen LogP contribution >= 0.6 is 0 Å². The smallest absolute Gasteiger partial charge is 0.291 e. The fourth-order valence-electron chi connectivity index (χ4n) is 4.28. The van der Waals surface area contributed by atoms with Crippen molar-refractivity contribution in [3.63, 3.8) is 0 Å². The molecule has 0 fully saturated rings. The summed E-state index contributed by atoms with van der Waals surface area (Å²) in [4.78, 5) is 17.3. The van der Waals surface area contributed by atoms with E-state index < -0.39 is 35.5 Å². The van der Waals surface area contributed by atoms with Crippen molar-refractivity contribution in [2.24, 2.45) is 0 Å². The molecule has 1 aromatic heterocycles. The quantitative estimate of drug-likeness (QED) is 0.269. The largest absolute Gasteiger partial charge is 0.390 e. The summed E-state index contributed by atoms with van der Waals surface area (Å²) in [5, 5.41) is 21.1. The Kier molecular flexibility index (Phi) is 9.11. The number of aryl methyl sites for hydroxylation is 2. The molecular weight excluding hydrogens is 507 g/mol. The number of nitrogens with zero attached hydrogens (tertiary/aromatic N) is 3. The summed E-state index contributed by atoms with van der Waals surface area (Å²) in [7, 11) is 0. The van der Waals surface area contributed by atoms with Gasteiger partial charge >= 0.3 is 0 Å². The van der Waals surface area contributed by atoms with Crippen LogP contribution in [0.15, 0.2) is 66.7 Å². The van der Waals surface area contributed by atoms with Crippen molar-refractivity contribution in [3.05, 3.63) is 113 Å². The number of benzene rings is 3. The van der Waals surface area contributed by atoms with Crippen LogP contribution in [0.5, 0.6) is 0 Å². The van der Waals surface area contributed by atoms with Gasteiger partial charge in [0.05, 0.1) is 17.8 Å². The van der Waals surface area contributed by atoms with E-state index in [1.54, 1.807) is 6.92 Å². The van der Waals surface area contributed by atoms with Crippen LogP contribution in [0.4, 0.5) is 13.2 Å². The van der Waals surface area contributed by atoms with E-state index in [0.717, 1.165) is 30.2 Å². The predicted octanol–water partition coefficient (Wildman–Crippen LogP) is 4.05. The van der Waals surface area contributed by atoms with Gasteiger partial charge in [0.25, 0.3) is 5.91 Å². The van der Waals surface area contributed by atoms with Crippen molar-refractivity contribution >= 4 is 5.91 Å². The van der Waals surface area contributed by atoms with Crippen molar-refractivity contribution < 1.29 is 23.1 Å². The van der Waals surface area contributed by atoms with Crippen molar-refractivity contribution in [1.82, 2.24) is 25.4 Å². The lowest BCUT2D eigenvalue weighted by Gasteiger charge is -2.24. The molecule has 4 rings (SSSR count). The number of carbonyl (C=O) groups excluding carboxylic acids is 1. The Balaban J connectivity index is 1.49. The lowest BCUT2D eigenvalue weighted by Crippen LogP contribution is -2.49. The fourth-order valence-corrected chi connectivity index (χ4v) is 4.28. The third-order valence-corrected chi connectivity index (χ3v) is 6.28. The summed E-state index contributed by atoms with van der Waals surface area (Å²) in [6.45, 7) is 4.31. The minimum atomic E-state index is -1.10. The highest BCUT2D eigenvalue weighted by molar-refractivity contribution is 5.90. The molecule has 39 heavy (non-hydrogen) atoms. The summed E-state index contributed by atoms with van der Waals surface area (Å²) < 4.78 is 42.4. The second-order valence-corrected chi connectivity index (χ2v) is 9.30. The van der Waals surface area contributed by atoms with E-state index in [-0.39, 0.29) is 24.4 Å². The molecule has 0 saturated heterocycles. The van der Waals surface area contributed by atoms with Gasteiger partial charge in [-0.15, -0.1) is 5.10 Å². The number of aliphatic hydroxyl groups excluding tert-OH is 1. The number of nitrogens with one attached hydrogen (secondary N) is 2. The average molecular weight is 538 g/mol. The molecule has 1 heterocycles. The van der Waals surface area contributed by atoms with E-state index in [9.17, 15) is 23.1 Å². The maximum absolute atomic E-state index is 13.8. The van der Waals surface area contributed by atoms with Crippen molar-refractivity contribution in [1.29, 1.82) is 0 Å². The van der Waals surface area contributed by atoms with Crippen LogP contribution in [0.3, 0.4) is 0 Å². The van der Waals surface area contributed by atoms with Crippen LogP contribution in [0.1, 0.15) is 40.1 Å². The van der Waals surface area contributed by atoms with E-state index in [2.05, 4.69) is 33.7 Å². The SMILES string of the molecule is CCc1cccc(CNC[C@H](O)[C@@H](Cc2cc(F)cc(F)c2)NC(=O)c2nc(C)n(-c3ccc(F)cc3)n2)c1. The summed E-state index contributed by atoms with van der Waals surface area (Å²) >= 11 is 0. The highest BCUT2D eigenvalue weighted by Crippen LogP contribution is 2.14. The molecule has 10 heteroatoms. The maximum Gasteiger partial charge on any atom is 0.291 e. The Morgan fingerprint density at radius 3 is 2.33 bits per heavy atom. The molecule has 0 bridgehead atoms. The predicted molar refractivity (Wildman–Crippen MR) is 141 cm³/mol. The Morgan fingerprint density at radius 1 is 0.949 bits per heavy atom. The van der Waals surface area contributed by atoms with Gasteiger partial charge in [0.2, 0.25) is 5.82 Å². The topological polar surface area (TPSA) is 92.1 Å². The van der Waals surface area contributed by atoms with E-state index in [4.69, 9.17) is 0 Å². The molecule has 4 aromatic rings. The van der Waals surface area contributed by atoms with Crippen molar-refractivity contribution in [3.8, 4) is 5.69 Å². The van der Waals surface area contributed by atoms with Crippen molar-refractivity contribution in [2.75, 3.05) is 6.54 Å². The first-order valence-electron chi connectivity index (χ1n) is 12.6. The van der Waals surface area contributed by atoms with Crippen LogP contribution in [-0.2, 0) is 19.4 Å². The number of halogens is 3. The van der Waals surface area contributed by atoms with Gasteiger partial charge in [-0.1, -0.05) is 31.2 Å². The first-order chi connectivity index (χ1) is 18.7. The molecular formula is C29H30F3N5O2. The lowest BCUT2D eigenvalue weighted by molar-refractivity contribution is 0.0820. The Morgan fingerprint density at radius 2 is 1.64 bits per heavy atom. The number of hydrogen-bond acceptors (Lipinski definition) is 5. The molecule has 0 radical (unpaired) electrons. The van der Waals surface area contributed by atoms with Crippen molar-refractivity contribution in [2.45, 2.75) is 45.4 Å². The second kappa shape index (κ2) is 12.7. The third-order valence-electron chi connectivity index (χ3n) is 6.28. The monoisotopic (exact) mass is 537 g/mol. The third kappa shape index (κ3) is 7.52. The molecule has 204 valence electrons. The maximum atomic E-state index is 13.8. The highest BCUT2D eigenvalue weighted by atomic mass is 19.1. The van der Waals surface area contributed by atoms with E-state index in [0.29, 0.717) is 18.1 Å². The first kappa shape index (κ1) is 28.0. The zero-order valence-corrected chi connectivity index (χ0v) is 21.7. The number of carbonyl (C=O) groups is 1. The Bertz CT molecular complexity index is 1400. The van der Waals surface area contributed by atoms with Gasteiger partial charge in [-0.2, -0.15) is 0 Å². The molecule has 1 amide bonds. The highest BCUT2D eigenvalue weighted by Gasteiger charge is 2.25. The normalized spacial score (nSPS) is 12.8. The molecule has 7 nitrogen and oxygen atoms in total. The minimum Gasteiger partial charge on any atom is -0.390 e. The Labute approximate surface area is 224 Å². The van der Waals surface area contributed by atoms with Gasteiger partial charge < -0.3 is 15.7 Å². The van der Waals surface area contributed by atoms with E-state index in [1.165, 1.54) is 34.5 Å². The Hall–Kier alpha value is -4.02. The molecule has 2 atom stereocenters. The van der Waals surface area contributed by atoms with Gasteiger partial charge in [-0.3, -0.25) is 4.79 Å². The average Bonchev–Trinajstić information content (AvgIpc) is 3.30. The van der Waals surface area contributed by atoms with Gasteiger partial charge in [0.15, 0.2) is 0 Å². The van der Waals surface area contributed by atoms with Crippen LogP contribution in [0, 0.1) is 24.4 Å². The molecule has 3 aromatic carbocycles. The van der Waals surface area contributed by atoms with Gasteiger partial charge in [-0.25, -0.2) is 22.8 Å². The van der Waals surface area contributed by atoms with Gasteiger partial charge in [-0.05, 0) is 72.9 Å². The second-order valence-electron chi connectivity index (χ2n) is 9.30. The molecule has 0 unspecified atom stereocenters. The number of amides is 1. The van der Waals surface area contributed by atoms with E-state index >= 15 is 0 Å². The molecule has 0 aliphatic carbocycles. The summed E-state index contributed by atoms with van der Waals surface area (Å²) in [5.74, 6) is -2.36. The van der Waals surface area contributed by atoms with Crippen LogP contribution in [0.25, 0.3) is 5.69 Å². The molecule has 0 saturated carbocycles. The summed E-state index contributed by atoms with van der Waals surface area (Å²) in [5.41, 5.74) is 3.02. The molecule has 0 aliphatic rings. The zero-order valence-electron chi connectivity index (χ0n) is 21.7. The zero-order chi connectivity index (χ0) is 27.9. The summed E-state index contributed by atoms with van der Waals surface area (Å²) in [6, 6.07) is 15.8.